The van der Waals surface area contributed by atoms with Crippen LogP contribution in [0.25, 0.3) is 0 Å². The molecule has 19 heavy (non-hydrogen) atoms. The van der Waals surface area contributed by atoms with Gasteiger partial charge in [0.1, 0.15) is 5.82 Å². The van der Waals surface area contributed by atoms with E-state index in [1.54, 1.807) is 0 Å². The fourth-order valence-electron chi connectivity index (χ4n) is 2.81. The molecule has 1 N–H and O–H groups in total. The van der Waals surface area contributed by atoms with Crippen LogP contribution in [0.5, 0.6) is 0 Å². The zero-order chi connectivity index (χ0) is 13.8. The number of rotatable bonds is 5. The van der Waals surface area contributed by atoms with E-state index in [2.05, 4.69) is 25.7 Å². The van der Waals surface area contributed by atoms with Gasteiger partial charge in [0, 0.05) is 18.8 Å². The molecule has 2 heterocycles. The molecule has 0 aromatic carbocycles. The number of nitrogens with zero attached hydrogens (tertiary/aromatic N) is 2. The van der Waals surface area contributed by atoms with Crippen molar-refractivity contribution in [3.8, 4) is 0 Å². The molecule has 0 bridgehead atoms. The van der Waals surface area contributed by atoms with Crippen molar-refractivity contribution in [1.82, 2.24) is 4.98 Å². The summed E-state index contributed by atoms with van der Waals surface area (Å²) in [5.41, 5.74) is 2.10. The molecular formula is C16H26N2O. The first-order valence-electron chi connectivity index (χ1n) is 7.49. The van der Waals surface area contributed by atoms with Crippen LogP contribution in [-0.4, -0.2) is 23.2 Å². The molecule has 1 fully saturated rings. The first-order chi connectivity index (χ1) is 9.13. The Bertz CT molecular complexity index is 417. The van der Waals surface area contributed by atoms with E-state index in [0.29, 0.717) is 0 Å². The van der Waals surface area contributed by atoms with Crippen molar-refractivity contribution in [2.24, 2.45) is 11.8 Å². The maximum Gasteiger partial charge on any atom is 0.129 e. The fourth-order valence-corrected chi connectivity index (χ4v) is 2.81. The molecule has 1 atom stereocenters. The van der Waals surface area contributed by atoms with E-state index in [4.69, 9.17) is 4.98 Å². The summed E-state index contributed by atoms with van der Waals surface area (Å²) in [6, 6.07) is 4.07. The minimum atomic E-state index is 0.105. The van der Waals surface area contributed by atoms with Gasteiger partial charge in [0.15, 0.2) is 0 Å². The van der Waals surface area contributed by atoms with Crippen molar-refractivity contribution < 1.29 is 5.11 Å². The van der Waals surface area contributed by atoms with Crippen molar-refractivity contribution in [1.29, 1.82) is 0 Å². The lowest BCUT2D eigenvalue weighted by Crippen LogP contribution is -2.22. The van der Waals surface area contributed by atoms with Crippen LogP contribution in [0.2, 0.25) is 0 Å². The first-order valence-corrected chi connectivity index (χ1v) is 7.49. The molecule has 3 nitrogen and oxygen atoms in total. The maximum absolute atomic E-state index is 9.39. The van der Waals surface area contributed by atoms with E-state index in [1.807, 2.05) is 12.1 Å². The Morgan fingerprint density at radius 1 is 1.42 bits per heavy atom. The van der Waals surface area contributed by atoms with Crippen LogP contribution < -0.4 is 4.90 Å². The second-order valence-electron chi connectivity index (χ2n) is 5.97. The molecule has 0 radical (unpaired) electrons. The molecular weight excluding hydrogens is 236 g/mol. The summed E-state index contributed by atoms with van der Waals surface area (Å²) in [6.07, 6.45) is 3.34. The summed E-state index contributed by atoms with van der Waals surface area (Å²) in [5, 5.41) is 9.39. The number of hydrogen-bond acceptors (Lipinski definition) is 3. The van der Waals surface area contributed by atoms with Crippen molar-refractivity contribution in [3.63, 3.8) is 0 Å². The van der Waals surface area contributed by atoms with Gasteiger partial charge in [0.05, 0.1) is 6.61 Å². The minimum Gasteiger partial charge on any atom is -0.392 e. The quantitative estimate of drug-likeness (QED) is 0.886. The van der Waals surface area contributed by atoms with Crippen molar-refractivity contribution in [2.45, 2.75) is 46.6 Å². The van der Waals surface area contributed by atoms with Gasteiger partial charge in [-0.2, -0.15) is 0 Å². The highest BCUT2D eigenvalue weighted by atomic mass is 16.3. The number of hydrogen-bond donors (Lipinski definition) is 1. The Hall–Kier alpha value is -1.09. The second kappa shape index (κ2) is 6.38. The number of aryl methyl sites for hydroxylation is 1. The zero-order valence-electron chi connectivity index (χ0n) is 12.4. The number of aliphatic hydroxyl groups is 1. The molecule has 0 amide bonds. The summed E-state index contributed by atoms with van der Waals surface area (Å²) in [4.78, 5) is 7.14. The number of aromatic nitrogens is 1. The third-order valence-electron chi connectivity index (χ3n) is 4.10. The van der Waals surface area contributed by atoms with Gasteiger partial charge >= 0.3 is 0 Å². The van der Waals surface area contributed by atoms with Crippen molar-refractivity contribution in [3.05, 3.63) is 23.4 Å². The summed E-state index contributed by atoms with van der Waals surface area (Å²) >= 11 is 0. The van der Waals surface area contributed by atoms with E-state index in [1.165, 1.54) is 6.42 Å². The van der Waals surface area contributed by atoms with Crippen LogP contribution in [0, 0.1) is 11.8 Å². The van der Waals surface area contributed by atoms with E-state index >= 15 is 0 Å². The van der Waals surface area contributed by atoms with Crippen LogP contribution in [-0.2, 0) is 13.0 Å². The molecule has 1 aromatic heterocycles. The summed E-state index contributed by atoms with van der Waals surface area (Å²) in [6.45, 7) is 9.06. The molecule has 1 aliphatic heterocycles. The Labute approximate surface area is 116 Å². The van der Waals surface area contributed by atoms with Crippen LogP contribution in [0.3, 0.4) is 0 Å². The van der Waals surface area contributed by atoms with Crippen molar-refractivity contribution in [2.75, 3.05) is 18.0 Å². The predicted molar refractivity (Wildman–Crippen MR) is 79.3 cm³/mol. The molecule has 1 saturated heterocycles. The molecule has 1 unspecified atom stereocenters. The number of aliphatic hydroxyl groups excluding tert-OH is 1. The topological polar surface area (TPSA) is 36.4 Å². The SMILES string of the molecule is CCCc1cc(CO)cc(N2CCC(C(C)C)C2)n1. The molecule has 106 valence electrons. The van der Waals surface area contributed by atoms with Gasteiger partial charge in [-0.1, -0.05) is 27.2 Å². The Morgan fingerprint density at radius 3 is 2.79 bits per heavy atom. The minimum absolute atomic E-state index is 0.105. The molecule has 2 rings (SSSR count). The van der Waals surface area contributed by atoms with Gasteiger partial charge in [-0.3, -0.25) is 0 Å². The molecule has 1 aliphatic rings. The Balaban J connectivity index is 2.17. The molecule has 0 saturated carbocycles. The average Bonchev–Trinajstić information content (AvgIpc) is 2.88. The highest BCUT2D eigenvalue weighted by molar-refractivity contribution is 5.43. The maximum atomic E-state index is 9.39. The number of anilines is 1. The van der Waals surface area contributed by atoms with E-state index < -0.39 is 0 Å². The fraction of sp³-hybridized carbons (Fsp3) is 0.688. The predicted octanol–water partition coefficient (Wildman–Crippen LogP) is 3.01. The monoisotopic (exact) mass is 262 g/mol. The second-order valence-corrected chi connectivity index (χ2v) is 5.97. The lowest BCUT2D eigenvalue weighted by atomic mass is 9.95. The molecule has 1 aromatic rings. The first kappa shape index (κ1) is 14.3. The lowest BCUT2D eigenvalue weighted by molar-refractivity contribution is 0.281. The van der Waals surface area contributed by atoms with Crippen LogP contribution in [0.15, 0.2) is 12.1 Å². The third-order valence-corrected chi connectivity index (χ3v) is 4.10. The highest BCUT2D eigenvalue weighted by Gasteiger charge is 2.25. The Morgan fingerprint density at radius 2 is 2.21 bits per heavy atom. The van der Waals surface area contributed by atoms with E-state index in [9.17, 15) is 5.11 Å². The largest absolute Gasteiger partial charge is 0.392 e. The lowest BCUT2D eigenvalue weighted by Gasteiger charge is -2.20. The van der Waals surface area contributed by atoms with Crippen LogP contribution in [0.4, 0.5) is 5.82 Å². The van der Waals surface area contributed by atoms with Gasteiger partial charge in [0.25, 0.3) is 0 Å². The van der Waals surface area contributed by atoms with Gasteiger partial charge in [-0.05, 0) is 42.4 Å². The number of pyridine rings is 1. The Kier molecular flexibility index (Phi) is 4.81. The molecule has 0 aliphatic carbocycles. The van der Waals surface area contributed by atoms with Crippen LogP contribution in [0.1, 0.15) is 44.9 Å². The molecule has 0 spiro atoms. The zero-order valence-corrected chi connectivity index (χ0v) is 12.4. The highest BCUT2D eigenvalue weighted by Crippen LogP contribution is 2.28. The summed E-state index contributed by atoms with van der Waals surface area (Å²) in [5.74, 6) is 2.56. The van der Waals surface area contributed by atoms with Gasteiger partial charge in [-0.25, -0.2) is 4.98 Å². The normalized spacial score (nSPS) is 19.4. The summed E-state index contributed by atoms with van der Waals surface area (Å²) < 4.78 is 0. The van der Waals surface area contributed by atoms with Crippen molar-refractivity contribution >= 4 is 5.82 Å². The molecule has 3 heteroatoms. The van der Waals surface area contributed by atoms with Crippen LogP contribution >= 0.6 is 0 Å². The summed E-state index contributed by atoms with van der Waals surface area (Å²) in [7, 11) is 0. The third kappa shape index (κ3) is 3.47. The standard InChI is InChI=1S/C16H26N2O/c1-4-5-15-8-13(11-19)9-16(17-15)18-7-6-14(10-18)12(2)3/h8-9,12,14,19H,4-7,10-11H2,1-3H3. The van der Waals surface area contributed by atoms with Gasteiger partial charge < -0.3 is 10.0 Å². The average molecular weight is 262 g/mol. The van der Waals surface area contributed by atoms with E-state index in [-0.39, 0.29) is 6.61 Å². The van der Waals surface area contributed by atoms with E-state index in [0.717, 1.165) is 54.8 Å². The van der Waals surface area contributed by atoms with Gasteiger partial charge in [0.2, 0.25) is 0 Å². The smallest absolute Gasteiger partial charge is 0.129 e. The van der Waals surface area contributed by atoms with Gasteiger partial charge in [-0.15, -0.1) is 0 Å².